The molecule has 0 spiro atoms. The number of piperazine rings is 1. The van der Waals surface area contributed by atoms with Crippen molar-refractivity contribution in [3.8, 4) is 28.7 Å². The molecule has 0 bridgehead atoms. The van der Waals surface area contributed by atoms with Crippen molar-refractivity contribution >= 4 is 5.91 Å². The fourth-order valence-corrected chi connectivity index (χ4v) is 4.20. The minimum atomic E-state index is 0.0310. The third-order valence-corrected chi connectivity index (χ3v) is 6.00. The van der Waals surface area contributed by atoms with Crippen molar-refractivity contribution in [3.63, 3.8) is 0 Å². The maximum Gasteiger partial charge on any atom is 0.254 e. The summed E-state index contributed by atoms with van der Waals surface area (Å²) in [6.45, 7) is 4.09. The van der Waals surface area contributed by atoms with Gasteiger partial charge in [-0.2, -0.15) is 5.26 Å². The van der Waals surface area contributed by atoms with Gasteiger partial charge in [0.1, 0.15) is 0 Å². The van der Waals surface area contributed by atoms with Gasteiger partial charge in [-0.1, -0.05) is 42.5 Å². The van der Waals surface area contributed by atoms with E-state index in [1.165, 1.54) is 5.56 Å². The van der Waals surface area contributed by atoms with Gasteiger partial charge >= 0.3 is 0 Å². The minimum Gasteiger partial charge on any atom is -0.454 e. The van der Waals surface area contributed by atoms with E-state index >= 15 is 0 Å². The number of hydrogen-bond donors (Lipinski definition) is 0. The number of rotatable bonds is 4. The molecule has 1 fully saturated rings. The predicted molar refractivity (Wildman–Crippen MR) is 120 cm³/mol. The molecular weight excluding hydrogens is 402 g/mol. The normalized spacial score (nSPS) is 15.4. The van der Waals surface area contributed by atoms with Gasteiger partial charge < -0.3 is 14.4 Å². The molecule has 6 heteroatoms. The summed E-state index contributed by atoms with van der Waals surface area (Å²) in [6.07, 6.45) is 0. The highest BCUT2D eigenvalue weighted by Crippen LogP contribution is 2.33. The van der Waals surface area contributed by atoms with Crippen LogP contribution in [0.4, 0.5) is 0 Å². The summed E-state index contributed by atoms with van der Waals surface area (Å²) in [5, 5.41) is 9.33. The molecule has 2 aliphatic rings. The van der Waals surface area contributed by atoms with Crippen molar-refractivity contribution in [1.82, 2.24) is 9.80 Å². The van der Waals surface area contributed by atoms with Gasteiger partial charge in [0.25, 0.3) is 5.91 Å². The Hall–Kier alpha value is -3.82. The van der Waals surface area contributed by atoms with Crippen LogP contribution >= 0.6 is 0 Å². The van der Waals surface area contributed by atoms with E-state index in [0.717, 1.165) is 30.8 Å². The van der Waals surface area contributed by atoms with Crippen LogP contribution in [0.25, 0.3) is 11.1 Å². The molecule has 0 unspecified atom stereocenters. The monoisotopic (exact) mass is 425 g/mol. The first-order chi connectivity index (χ1) is 15.7. The molecule has 0 N–H and O–H groups in total. The Bertz CT molecular complexity index is 1180. The largest absolute Gasteiger partial charge is 0.454 e. The molecule has 1 saturated heterocycles. The lowest BCUT2D eigenvalue weighted by molar-refractivity contribution is 0.0628. The molecule has 5 rings (SSSR count). The highest BCUT2D eigenvalue weighted by atomic mass is 16.7. The summed E-state index contributed by atoms with van der Waals surface area (Å²) >= 11 is 0. The van der Waals surface area contributed by atoms with Crippen LogP contribution in [0.1, 0.15) is 21.5 Å². The van der Waals surface area contributed by atoms with Gasteiger partial charge in [-0.15, -0.1) is 0 Å². The summed E-state index contributed by atoms with van der Waals surface area (Å²) in [5.41, 5.74) is 4.54. The Morgan fingerprint density at radius 3 is 2.44 bits per heavy atom. The number of benzene rings is 3. The maximum atomic E-state index is 12.9. The summed E-state index contributed by atoms with van der Waals surface area (Å²) in [4.78, 5) is 17.1. The van der Waals surface area contributed by atoms with E-state index in [0.29, 0.717) is 35.7 Å². The molecule has 3 aromatic rings. The third kappa shape index (κ3) is 4.03. The number of fused-ring (bicyclic) bond motifs is 1. The SMILES string of the molecule is N#Cc1ccccc1-c1ccc(CN2CCN(C(=O)c3ccc4c(c3)OCO4)CC2)cc1. The van der Waals surface area contributed by atoms with Crippen molar-refractivity contribution in [3.05, 3.63) is 83.4 Å². The summed E-state index contributed by atoms with van der Waals surface area (Å²) < 4.78 is 10.7. The Kier molecular flexibility index (Phi) is 5.49. The van der Waals surface area contributed by atoms with E-state index in [2.05, 4.69) is 35.2 Å². The molecule has 2 aliphatic heterocycles. The highest BCUT2D eigenvalue weighted by Gasteiger charge is 2.24. The molecule has 6 nitrogen and oxygen atoms in total. The number of carbonyl (C=O) groups is 1. The van der Waals surface area contributed by atoms with Crippen LogP contribution < -0.4 is 9.47 Å². The van der Waals surface area contributed by atoms with E-state index in [-0.39, 0.29) is 12.7 Å². The van der Waals surface area contributed by atoms with Crippen LogP contribution in [0.2, 0.25) is 0 Å². The average molecular weight is 425 g/mol. The topological polar surface area (TPSA) is 65.8 Å². The van der Waals surface area contributed by atoms with Crippen LogP contribution in [-0.2, 0) is 6.54 Å². The molecule has 0 radical (unpaired) electrons. The molecule has 0 atom stereocenters. The average Bonchev–Trinajstić information content (AvgIpc) is 3.32. The van der Waals surface area contributed by atoms with E-state index in [4.69, 9.17) is 9.47 Å². The lowest BCUT2D eigenvalue weighted by Gasteiger charge is -2.34. The fourth-order valence-electron chi connectivity index (χ4n) is 4.20. The Labute approximate surface area is 187 Å². The molecular formula is C26H23N3O3. The molecule has 32 heavy (non-hydrogen) atoms. The summed E-state index contributed by atoms with van der Waals surface area (Å²) in [7, 11) is 0. The van der Waals surface area contributed by atoms with Crippen molar-refractivity contribution in [2.45, 2.75) is 6.54 Å². The second-order valence-electron chi connectivity index (χ2n) is 7.99. The standard InChI is InChI=1S/C26H23N3O3/c27-16-22-3-1-2-4-23(22)20-7-5-19(6-8-20)17-28-11-13-29(14-12-28)26(30)21-9-10-24-25(15-21)32-18-31-24/h1-10,15H,11-14,17-18H2. The summed E-state index contributed by atoms with van der Waals surface area (Å²) in [6, 6.07) is 23.7. The van der Waals surface area contributed by atoms with E-state index in [1.807, 2.05) is 29.2 Å². The number of nitrogens with zero attached hydrogens (tertiary/aromatic N) is 3. The number of nitriles is 1. The van der Waals surface area contributed by atoms with Gasteiger partial charge in [0.05, 0.1) is 11.6 Å². The van der Waals surface area contributed by atoms with Gasteiger partial charge in [0, 0.05) is 38.3 Å². The number of amides is 1. The van der Waals surface area contributed by atoms with Crippen molar-refractivity contribution in [2.75, 3.05) is 33.0 Å². The second-order valence-corrected chi connectivity index (χ2v) is 7.99. The zero-order chi connectivity index (χ0) is 21.9. The van der Waals surface area contributed by atoms with Crippen LogP contribution in [0.15, 0.2) is 66.7 Å². The lowest BCUT2D eigenvalue weighted by atomic mass is 9.99. The zero-order valence-electron chi connectivity index (χ0n) is 17.7. The van der Waals surface area contributed by atoms with Gasteiger partial charge in [-0.3, -0.25) is 9.69 Å². The Morgan fingerprint density at radius 2 is 1.66 bits per heavy atom. The number of hydrogen-bond acceptors (Lipinski definition) is 5. The predicted octanol–water partition coefficient (Wildman–Crippen LogP) is 3.91. The first-order valence-electron chi connectivity index (χ1n) is 10.7. The quantitative estimate of drug-likeness (QED) is 0.634. The highest BCUT2D eigenvalue weighted by molar-refractivity contribution is 5.95. The lowest BCUT2D eigenvalue weighted by Crippen LogP contribution is -2.48. The molecule has 3 aromatic carbocycles. The molecule has 0 aliphatic carbocycles. The van der Waals surface area contributed by atoms with Crippen LogP contribution in [0.3, 0.4) is 0 Å². The van der Waals surface area contributed by atoms with E-state index in [1.54, 1.807) is 18.2 Å². The van der Waals surface area contributed by atoms with Crippen molar-refractivity contribution in [2.24, 2.45) is 0 Å². The first-order valence-corrected chi connectivity index (χ1v) is 10.7. The minimum absolute atomic E-state index is 0.0310. The Morgan fingerprint density at radius 1 is 0.906 bits per heavy atom. The molecule has 0 aromatic heterocycles. The first kappa shape index (κ1) is 20.1. The van der Waals surface area contributed by atoms with Gasteiger partial charge in [0.15, 0.2) is 11.5 Å². The zero-order valence-corrected chi connectivity index (χ0v) is 17.7. The Balaban J connectivity index is 1.18. The van der Waals surface area contributed by atoms with Crippen molar-refractivity contribution < 1.29 is 14.3 Å². The number of carbonyl (C=O) groups excluding carboxylic acids is 1. The van der Waals surface area contributed by atoms with E-state index < -0.39 is 0 Å². The smallest absolute Gasteiger partial charge is 0.254 e. The van der Waals surface area contributed by atoms with Crippen molar-refractivity contribution in [1.29, 1.82) is 5.26 Å². The van der Waals surface area contributed by atoms with E-state index in [9.17, 15) is 10.1 Å². The van der Waals surface area contributed by atoms with Gasteiger partial charge in [0.2, 0.25) is 6.79 Å². The van der Waals surface area contributed by atoms with Crippen LogP contribution in [0, 0.1) is 11.3 Å². The molecule has 1 amide bonds. The van der Waals surface area contributed by atoms with Crippen LogP contribution in [0.5, 0.6) is 11.5 Å². The van der Waals surface area contributed by atoms with Gasteiger partial charge in [-0.25, -0.2) is 0 Å². The maximum absolute atomic E-state index is 12.9. The van der Waals surface area contributed by atoms with Crippen LogP contribution in [-0.4, -0.2) is 48.7 Å². The summed E-state index contributed by atoms with van der Waals surface area (Å²) in [5.74, 6) is 1.35. The van der Waals surface area contributed by atoms with Gasteiger partial charge in [-0.05, 0) is 41.0 Å². The number of ether oxygens (including phenoxy) is 2. The fraction of sp³-hybridized carbons (Fsp3) is 0.231. The molecule has 0 saturated carbocycles. The molecule has 2 heterocycles. The second kappa shape index (κ2) is 8.74. The molecule has 160 valence electrons. The third-order valence-electron chi connectivity index (χ3n) is 6.00.